The third-order valence-corrected chi connectivity index (χ3v) is 13.3. The molecule has 68 heavy (non-hydrogen) atoms. The van der Waals surface area contributed by atoms with Crippen LogP contribution in [0.3, 0.4) is 0 Å². The summed E-state index contributed by atoms with van der Waals surface area (Å²) in [6, 6.07) is 40.3. The lowest BCUT2D eigenvalue weighted by Gasteiger charge is -2.29. The maximum atomic E-state index is 11.9. The van der Waals surface area contributed by atoms with Crippen molar-refractivity contribution in [2.45, 2.75) is 19.3 Å². The van der Waals surface area contributed by atoms with Crippen LogP contribution in [0, 0.1) is 0 Å². The largest absolute Gasteiger partial charge is 0.372 e. The lowest BCUT2D eigenvalue weighted by molar-refractivity contribution is 0.0993. The molecule has 10 aromatic rings. The molecule has 13 nitrogen and oxygen atoms in total. The van der Waals surface area contributed by atoms with E-state index in [9.17, 15) is 9.59 Å². The van der Waals surface area contributed by atoms with Crippen molar-refractivity contribution >= 4 is 56.0 Å². The number of carbonyl (C=O) groups excluding carboxylic acids is 2. The summed E-state index contributed by atoms with van der Waals surface area (Å²) in [6.45, 7) is 6.36. The zero-order valence-electron chi connectivity index (χ0n) is 37.4. The Morgan fingerprint density at radius 1 is 0.441 bits per heavy atom. The number of aromatic nitrogens is 6. The molecule has 0 radical (unpaired) electrons. The Morgan fingerprint density at radius 2 is 0.868 bits per heavy atom. The number of hydrogen-bond acceptors (Lipinski definition) is 9. The summed E-state index contributed by atoms with van der Waals surface area (Å²) in [5.74, 6) is -0.870. The van der Waals surface area contributed by atoms with Gasteiger partial charge in [0, 0.05) is 109 Å². The van der Waals surface area contributed by atoms with Crippen LogP contribution >= 0.6 is 0 Å². The topological polar surface area (TPSA) is 165 Å². The fraction of sp³-hybridized carbons (Fsp3) is 0.164. The zero-order chi connectivity index (χ0) is 46.1. The Kier molecular flexibility index (Phi) is 11.2. The second kappa shape index (κ2) is 18.1. The number of amides is 2. The molecule has 0 bridgehead atoms. The van der Waals surface area contributed by atoms with Gasteiger partial charge in [-0.15, -0.1) is 0 Å². The molecule has 6 heterocycles. The van der Waals surface area contributed by atoms with Crippen molar-refractivity contribution in [3.05, 3.63) is 170 Å². The Morgan fingerprint density at radius 3 is 1.32 bits per heavy atom. The number of piperazine rings is 1. The van der Waals surface area contributed by atoms with Gasteiger partial charge >= 0.3 is 0 Å². The first-order valence-corrected chi connectivity index (χ1v) is 23.1. The van der Waals surface area contributed by atoms with Gasteiger partial charge in [0.15, 0.2) is 11.3 Å². The van der Waals surface area contributed by atoms with E-state index in [-0.39, 0.29) is 0 Å². The molecule has 336 valence electrons. The molecule has 2 fully saturated rings. The summed E-state index contributed by atoms with van der Waals surface area (Å²) >= 11 is 0. The zero-order valence-corrected chi connectivity index (χ0v) is 37.4. The van der Waals surface area contributed by atoms with Gasteiger partial charge < -0.3 is 26.6 Å². The van der Waals surface area contributed by atoms with E-state index >= 15 is 0 Å². The minimum absolute atomic E-state index is 0.434. The van der Waals surface area contributed by atoms with Crippen molar-refractivity contribution in [2.24, 2.45) is 11.5 Å². The number of primary amides is 2. The molecular formula is C55H49N11O2. The van der Waals surface area contributed by atoms with Crippen LogP contribution in [-0.4, -0.2) is 80.3 Å². The summed E-state index contributed by atoms with van der Waals surface area (Å²) in [6.07, 6.45) is 15.3. The van der Waals surface area contributed by atoms with Crippen molar-refractivity contribution in [1.29, 1.82) is 0 Å². The molecule has 0 spiro atoms. The number of benzene rings is 6. The number of hydrogen-bond donors (Lipinski definition) is 3. The average molecular weight is 896 g/mol. The van der Waals surface area contributed by atoms with E-state index in [4.69, 9.17) is 21.4 Å². The number of nitrogens with zero attached hydrogens (tertiary/aromatic N) is 8. The molecule has 2 aliphatic heterocycles. The molecule has 2 saturated heterocycles. The predicted molar refractivity (Wildman–Crippen MR) is 271 cm³/mol. The van der Waals surface area contributed by atoms with Gasteiger partial charge in [0.05, 0.1) is 12.4 Å². The van der Waals surface area contributed by atoms with Gasteiger partial charge in [0.25, 0.3) is 0 Å². The second-order valence-electron chi connectivity index (χ2n) is 17.4. The molecule has 12 rings (SSSR count). The SMILES string of the molecule is NC(=O)c1cccc2c(-c3cnn4cc(-c5ccc(N6CCCCC6)cc5)cnc34)cccc12.NC(=O)c1cccc2c(-c3cnn4cc(-c5ccc(N6CCNCC6)cc5)cnc34)cccc12. The second-order valence-corrected chi connectivity index (χ2v) is 17.4. The first kappa shape index (κ1) is 42.2. The Bertz CT molecular complexity index is 3260. The molecule has 2 aliphatic rings. The van der Waals surface area contributed by atoms with E-state index in [2.05, 4.69) is 73.8 Å². The van der Waals surface area contributed by atoms with E-state index < -0.39 is 11.8 Å². The molecule has 0 atom stereocenters. The molecule has 5 N–H and O–H groups in total. The molecule has 13 heteroatoms. The Balaban J connectivity index is 0.000000149. The van der Waals surface area contributed by atoms with Crippen molar-refractivity contribution in [2.75, 3.05) is 49.1 Å². The molecule has 0 unspecified atom stereocenters. The normalized spacial score (nSPS) is 14.1. The summed E-state index contributed by atoms with van der Waals surface area (Å²) in [4.78, 5) is 38.2. The average Bonchev–Trinajstić information content (AvgIpc) is 4.03. The van der Waals surface area contributed by atoms with E-state index in [1.54, 1.807) is 12.1 Å². The van der Waals surface area contributed by atoms with Gasteiger partial charge in [-0.25, -0.2) is 19.0 Å². The number of anilines is 2. The van der Waals surface area contributed by atoms with Crippen LogP contribution in [0.15, 0.2) is 159 Å². The van der Waals surface area contributed by atoms with Gasteiger partial charge in [-0.1, -0.05) is 84.9 Å². The number of rotatable bonds is 8. The summed E-state index contributed by atoms with van der Waals surface area (Å²) in [5, 5.41) is 16.1. The fourth-order valence-corrected chi connectivity index (χ4v) is 9.75. The van der Waals surface area contributed by atoms with Gasteiger partial charge in [0.1, 0.15) is 0 Å². The quantitative estimate of drug-likeness (QED) is 0.135. The van der Waals surface area contributed by atoms with Crippen LogP contribution in [0.4, 0.5) is 11.4 Å². The van der Waals surface area contributed by atoms with Crippen molar-refractivity contribution < 1.29 is 9.59 Å². The smallest absolute Gasteiger partial charge is 0.249 e. The Hall–Kier alpha value is -8.42. The number of carbonyl (C=O) groups is 2. The van der Waals surface area contributed by atoms with E-state index in [0.29, 0.717) is 11.1 Å². The fourth-order valence-electron chi connectivity index (χ4n) is 9.75. The van der Waals surface area contributed by atoms with Crippen LogP contribution in [-0.2, 0) is 0 Å². The first-order chi connectivity index (χ1) is 33.4. The van der Waals surface area contributed by atoms with Gasteiger partial charge in [-0.3, -0.25) is 9.59 Å². The molecule has 2 amide bonds. The van der Waals surface area contributed by atoms with E-state index in [0.717, 1.165) is 117 Å². The van der Waals surface area contributed by atoms with Crippen LogP contribution in [0.25, 0.3) is 77.3 Å². The van der Waals surface area contributed by atoms with Crippen LogP contribution < -0.4 is 26.6 Å². The molecule has 0 aliphatic carbocycles. The van der Waals surface area contributed by atoms with Gasteiger partial charge in [0.2, 0.25) is 11.8 Å². The lowest BCUT2D eigenvalue weighted by Crippen LogP contribution is -2.43. The van der Waals surface area contributed by atoms with Gasteiger partial charge in [-0.05, 0) is 99.5 Å². The molecule has 4 aromatic heterocycles. The highest BCUT2D eigenvalue weighted by atomic mass is 16.1. The summed E-state index contributed by atoms with van der Waals surface area (Å²) in [5.41, 5.74) is 24.3. The van der Waals surface area contributed by atoms with Crippen molar-refractivity contribution in [3.8, 4) is 44.5 Å². The molecular weight excluding hydrogens is 847 g/mol. The van der Waals surface area contributed by atoms with Gasteiger partial charge in [-0.2, -0.15) is 10.2 Å². The van der Waals surface area contributed by atoms with Crippen LogP contribution in [0.5, 0.6) is 0 Å². The molecule has 6 aromatic carbocycles. The minimum Gasteiger partial charge on any atom is -0.372 e. The van der Waals surface area contributed by atoms with Crippen molar-refractivity contribution in [3.63, 3.8) is 0 Å². The maximum absolute atomic E-state index is 11.9. The van der Waals surface area contributed by atoms with E-state index in [1.165, 1.54) is 30.6 Å². The third kappa shape index (κ3) is 8.02. The third-order valence-electron chi connectivity index (χ3n) is 13.3. The number of fused-ring (bicyclic) bond motifs is 4. The minimum atomic E-state index is -0.437. The van der Waals surface area contributed by atoms with Crippen LogP contribution in [0.2, 0.25) is 0 Å². The Labute approximate surface area is 392 Å². The highest BCUT2D eigenvalue weighted by Gasteiger charge is 2.18. The number of piperidine rings is 1. The van der Waals surface area contributed by atoms with Crippen molar-refractivity contribution in [1.82, 2.24) is 34.5 Å². The lowest BCUT2D eigenvalue weighted by atomic mass is 9.96. The summed E-state index contributed by atoms with van der Waals surface area (Å²) in [7, 11) is 0. The predicted octanol–water partition coefficient (Wildman–Crippen LogP) is 9.03. The van der Waals surface area contributed by atoms with E-state index in [1.807, 2.05) is 107 Å². The summed E-state index contributed by atoms with van der Waals surface area (Å²) < 4.78 is 3.63. The highest BCUT2D eigenvalue weighted by Crippen LogP contribution is 2.35. The maximum Gasteiger partial charge on any atom is 0.249 e. The monoisotopic (exact) mass is 895 g/mol. The number of nitrogens with one attached hydrogen (secondary N) is 1. The van der Waals surface area contributed by atoms with Crippen LogP contribution in [0.1, 0.15) is 40.0 Å². The number of nitrogens with two attached hydrogens (primary N) is 2. The standard InChI is InChI=1S/C28H25N5O.C27H24N6O/c29-27(34)25-9-5-6-22-23(25)7-4-8-24(22)26-17-31-33-18-20(16-30-28(26)33)19-10-12-21(13-11-19)32-14-2-1-3-15-32;28-26(34)24-6-2-3-21-22(24)4-1-5-23(21)25-16-31-33-17-19(15-30-27(25)33)18-7-9-20(10-8-18)32-13-11-29-12-14-32/h4-13,16-18H,1-3,14-15H2,(H2,29,34);1-10,15-17,29H,11-14H2,(H2,28,34). The highest BCUT2D eigenvalue weighted by molar-refractivity contribution is 6.12. The first-order valence-electron chi connectivity index (χ1n) is 23.1. The molecule has 0 saturated carbocycles.